The minimum absolute atomic E-state index is 0.0657. The Morgan fingerprint density at radius 1 is 1.26 bits per heavy atom. The number of methoxy groups -OCH3 is 1. The lowest BCUT2D eigenvalue weighted by molar-refractivity contribution is -0.134. The van der Waals surface area contributed by atoms with E-state index in [1.54, 1.807) is 18.4 Å². The Kier molecular flexibility index (Phi) is 4.43. The third-order valence-electron chi connectivity index (χ3n) is 4.27. The monoisotopic (exact) mass is 333 g/mol. The maximum absolute atomic E-state index is 12.1. The van der Waals surface area contributed by atoms with Gasteiger partial charge in [0, 0.05) is 32.1 Å². The number of piperazine rings is 1. The van der Waals surface area contributed by atoms with E-state index in [-0.39, 0.29) is 11.8 Å². The number of aryl methyl sites for hydroxylation is 1. The van der Waals surface area contributed by atoms with Crippen molar-refractivity contribution in [1.82, 2.24) is 9.88 Å². The Morgan fingerprint density at radius 3 is 2.57 bits per heavy atom. The topological polar surface area (TPSA) is 45.7 Å². The molecule has 0 saturated carbocycles. The average molecular weight is 333 g/mol. The van der Waals surface area contributed by atoms with Crippen LogP contribution in [0.15, 0.2) is 12.1 Å². The van der Waals surface area contributed by atoms with Gasteiger partial charge >= 0.3 is 0 Å². The van der Waals surface area contributed by atoms with Gasteiger partial charge < -0.3 is 14.5 Å². The summed E-state index contributed by atoms with van der Waals surface area (Å²) >= 11 is 1.71. The van der Waals surface area contributed by atoms with Crippen molar-refractivity contribution in [3.8, 4) is 5.75 Å². The largest absolute Gasteiger partial charge is 0.494 e. The van der Waals surface area contributed by atoms with Crippen LogP contribution in [0.1, 0.15) is 19.4 Å². The second kappa shape index (κ2) is 6.35. The van der Waals surface area contributed by atoms with Crippen molar-refractivity contribution in [2.75, 3.05) is 38.2 Å². The highest BCUT2D eigenvalue weighted by Crippen LogP contribution is 2.36. The predicted molar refractivity (Wildman–Crippen MR) is 94.5 cm³/mol. The molecule has 0 N–H and O–H groups in total. The number of aromatic nitrogens is 1. The molecule has 0 unspecified atom stereocenters. The molecular weight excluding hydrogens is 310 g/mol. The average Bonchev–Trinajstić information content (AvgIpc) is 3.01. The summed E-state index contributed by atoms with van der Waals surface area (Å²) in [6.07, 6.45) is 0. The minimum atomic E-state index is 0.0657. The van der Waals surface area contributed by atoms with Gasteiger partial charge in [0.15, 0.2) is 5.13 Å². The van der Waals surface area contributed by atoms with E-state index in [1.165, 1.54) is 10.3 Å². The Bertz CT molecular complexity index is 718. The van der Waals surface area contributed by atoms with E-state index in [9.17, 15) is 4.79 Å². The van der Waals surface area contributed by atoms with Crippen LogP contribution in [-0.2, 0) is 4.79 Å². The van der Waals surface area contributed by atoms with Crippen LogP contribution in [0.2, 0.25) is 0 Å². The summed E-state index contributed by atoms with van der Waals surface area (Å²) in [4.78, 5) is 21.1. The molecule has 124 valence electrons. The summed E-state index contributed by atoms with van der Waals surface area (Å²) in [6.45, 7) is 9.21. The summed E-state index contributed by atoms with van der Waals surface area (Å²) in [6, 6.07) is 4.04. The quantitative estimate of drug-likeness (QED) is 0.866. The summed E-state index contributed by atoms with van der Waals surface area (Å²) in [7, 11) is 1.68. The number of thiazole rings is 1. The van der Waals surface area contributed by atoms with Crippen LogP contribution in [-0.4, -0.2) is 49.1 Å². The summed E-state index contributed by atoms with van der Waals surface area (Å²) in [5.74, 6) is 1.13. The van der Waals surface area contributed by atoms with E-state index < -0.39 is 0 Å². The highest BCUT2D eigenvalue weighted by molar-refractivity contribution is 7.22. The smallest absolute Gasteiger partial charge is 0.225 e. The molecular formula is C17H23N3O2S. The van der Waals surface area contributed by atoms with Gasteiger partial charge in [-0.15, -0.1) is 0 Å². The second-order valence-corrected chi connectivity index (χ2v) is 7.20. The van der Waals surface area contributed by atoms with E-state index in [1.807, 2.05) is 24.8 Å². The molecule has 1 saturated heterocycles. The van der Waals surface area contributed by atoms with Gasteiger partial charge in [0.05, 0.1) is 11.8 Å². The number of amides is 1. The number of hydrogen-bond acceptors (Lipinski definition) is 5. The van der Waals surface area contributed by atoms with Crippen molar-refractivity contribution in [3.05, 3.63) is 17.7 Å². The molecule has 6 heteroatoms. The number of carbonyl (C=O) groups excluding carboxylic acids is 1. The van der Waals surface area contributed by atoms with Gasteiger partial charge in [-0.05, 0) is 18.6 Å². The molecule has 1 aliphatic rings. The first kappa shape index (κ1) is 16.1. The van der Waals surface area contributed by atoms with E-state index in [0.29, 0.717) is 0 Å². The second-order valence-electron chi connectivity index (χ2n) is 6.23. The Morgan fingerprint density at radius 2 is 1.96 bits per heavy atom. The number of ether oxygens (including phenoxy) is 1. The number of fused-ring (bicyclic) bond motifs is 1. The third-order valence-corrected chi connectivity index (χ3v) is 5.52. The summed E-state index contributed by atoms with van der Waals surface area (Å²) in [5, 5.41) is 1.02. The fraction of sp³-hybridized carbons (Fsp3) is 0.529. The van der Waals surface area contributed by atoms with E-state index >= 15 is 0 Å². The third kappa shape index (κ3) is 3.00. The molecule has 0 radical (unpaired) electrons. The molecule has 5 nitrogen and oxygen atoms in total. The number of rotatable bonds is 3. The lowest BCUT2D eigenvalue weighted by atomic mass is 10.1. The first-order chi connectivity index (χ1) is 11.0. The maximum atomic E-state index is 12.1. The van der Waals surface area contributed by atoms with E-state index in [0.717, 1.165) is 42.6 Å². The van der Waals surface area contributed by atoms with Crippen LogP contribution in [0.4, 0.5) is 5.13 Å². The Labute approximate surface area is 140 Å². The molecule has 1 aliphatic heterocycles. The first-order valence-corrected chi connectivity index (χ1v) is 8.80. The zero-order valence-corrected chi connectivity index (χ0v) is 14.9. The van der Waals surface area contributed by atoms with Crippen LogP contribution in [0.25, 0.3) is 10.2 Å². The van der Waals surface area contributed by atoms with Crippen LogP contribution in [0.3, 0.4) is 0 Å². The molecule has 23 heavy (non-hydrogen) atoms. The Balaban J connectivity index is 1.80. The van der Waals surface area contributed by atoms with Crippen molar-refractivity contribution in [2.45, 2.75) is 20.8 Å². The number of carbonyl (C=O) groups is 1. The van der Waals surface area contributed by atoms with Crippen LogP contribution < -0.4 is 9.64 Å². The van der Waals surface area contributed by atoms with Crippen molar-refractivity contribution < 1.29 is 9.53 Å². The zero-order chi connectivity index (χ0) is 16.6. The Hall–Kier alpha value is -1.82. The molecule has 2 aromatic rings. The number of hydrogen-bond donors (Lipinski definition) is 0. The standard InChI is InChI=1S/C17H23N3O2S/c1-11(2)16(21)19-7-9-20(10-8-19)17-18-14-13(22-4)6-5-12(3)15(14)23-17/h5-6,11H,7-10H2,1-4H3. The molecule has 2 heterocycles. The van der Waals surface area contributed by atoms with Crippen LogP contribution >= 0.6 is 11.3 Å². The van der Waals surface area contributed by atoms with Crippen molar-refractivity contribution >= 4 is 32.6 Å². The van der Waals surface area contributed by atoms with Gasteiger partial charge in [-0.3, -0.25) is 4.79 Å². The number of anilines is 1. The highest BCUT2D eigenvalue weighted by atomic mass is 32.1. The fourth-order valence-electron chi connectivity index (χ4n) is 2.88. The fourth-order valence-corrected chi connectivity index (χ4v) is 3.98. The molecule has 1 fully saturated rings. The summed E-state index contributed by atoms with van der Waals surface area (Å²) < 4.78 is 6.61. The van der Waals surface area contributed by atoms with Crippen molar-refractivity contribution in [3.63, 3.8) is 0 Å². The van der Waals surface area contributed by atoms with Crippen molar-refractivity contribution in [1.29, 1.82) is 0 Å². The predicted octanol–water partition coefficient (Wildman–Crippen LogP) is 2.92. The number of benzene rings is 1. The first-order valence-electron chi connectivity index (χ1n) is 7.99. The normalized spacial score (nSPS) is 15.5. The molecule has 3 rings (SSSR count). The van der Waals surface area contributed by atoms with Gasteiger partial charge in [0.2, 0.25) is 5.91 Å². The van der Waals surface area contributed by atoms with Gasteiger partial charge in [-0.25, -0.2) is 4.98 Å². The minimum Gasteiger partial charge on any atom is -0.494 e. The van der Waals surface area contributed by atoms with Crippen molar-refractivity contribution in [2.24, 2.45) is 5.92 Å². The highest BCUT2D eigenvalue weighted by Gasteiger charge is 2.25. The van der Waals surface area contributed by atoms with Gasteiger partial charge in [-0.1, -0.05) is 31.3 Å². The molecule has 0 aliphatic carbocycles. The van der Waals surface area contributed by atoms with Crippen LogP contribution in [0.5, 0.6) is 5.75 Å². The molecule has 0 atom stereocenters. The molecule has 0 bridgehead atoms. The van der Waals surface area contributed by atoms with Crippen LogP contribution in [0, 0.1) is 12.8 Å². The molecule has 0 spiro atoms. The van der Waals surface area contributed by atoms with E-state index in [4.69, 9.17) is 9.72 Å². The van der Waals surface area contributed by atoms with Gasteiger partial charge in [-0.2, -0.15) is 0 Å². The summed E-state index contributed by atoms with van der Waals surface area (Å²) in [5.41, 5.74) is 2.16. The van der Waals surface area contributed by atoms with Gasteiger partial charge in [0.25, 0.3) is 0 Å². The lowest BCUT2D eigenvalue weighted by Crippen LogP contribution is -2.49. The lowest BCUT2D eigenvalue weighted by Gasteiger charge is -2.35. The molecule has 1 aromatic carbocycles. The molecule has 1 amide bonds. The van der Waals surface area contributed by atoms with E-state index in [2.05, 4.69) is 17.9 Å². The molecule has 1 aromatic heterocycles. The maximum Gasteiger partial charge on any atom is 0.225 e. The van der Waals surface area contributed by atoms with Gasteiger partial charge in [0.1, 0.15) is 11.3 Å². The zero-order valence-electron chi connectivity index (χ0n) is 14.1. The number of nitrogens with zero attached hydrogens (tertiary/aromatic N) is 3. The SMILES string of the molecule is COc1ccc(C)c2sc(N3CCN(C(=O)C(C)C)CC3)nc12.